The first kappa shape index (κ1) is 12.7. The highest BCUT2D eigenvalue weighted by atomic mass is 16.1. The van der Waals surface area contributed by atoms with E-state index in [2.05, 4.69) is 18.9 Å². The monoisotopic (exact) mass is 220 g/mol. The van der Waals surface area contributed by atoms with E-state index < -0.39 is 0 Å². The lowest BCUT2D eigenvalue weighted by Gasteiger charge is -2.04. The smallest absolute Gasteiger partial charge is 0.164 e. The number of nitrogens with zero attached hydrogens (tertiary/aromatic N) is 2. The predicted molar refractivity (Wildman–Crippen MR) is 65.4 cm³/mol. The van der Waals surface area contributed by atoms with Gasteiger partial charge in [0, 0.05) is 12.2 Å². The van der Waals surface area contributed by atoms with Crippen LogP contribution in [0.3, 0.4) is 0 Å². The van der Waals surface area contributed by atoms with Crippen molar-refractivity contribution in [2.75, 3.05) is 0 Å². The number of carbonyl (C=O) groups excluding carboxylic acids is 1. The summed E-state index contributed by atoms with van der Waals surface area (Å²) in [6, 6.07) is 2.26. The third-order valence-corrected chi connectivity index (χ3v) is 2.62. The normalized spacial score (nSPS) is 12.2. The fourth-order valence-electron chi connectivity index (χ4n) is 1.60. The van der Waals surface area contributed by atoms with E-state index >= 15 is 0 Å². The van der Waals surface area contributed by atoms with Crippen LogP contribution in [0.4, 0.5) is 0 Å². The van der Waals surface area contributed by atoms with Crippen molar-refractivity contribution in [3.8, 4) is 0 Å². The summed E-state index contributed by atoms with van der Waals surface area (Å²) in [5.41, 5.74) is 1.74. The van der Waals surface area contributed by atoms with E-state index in [9.17, 15) is 4.79 Å². The van der Waals surface area contributed by atoms with E-state index in [1.54, 1.807) is 0 Å². The van der Waals surface area contributed by atoms with Crippen molar-refractivity contribution in [1.82, 2.24) is 9.78 Å². The van der Waals surface area contributed by atoms with Crippen molar-refractivity contribution in [1.29, 1.82) is 0 Å². The maximum Gasteiger partial charge on any atom is 0.164 e. The lowest BCUT2D eigenvalue weighted by atomic mass is 10.0. The molecule has 0 fully saturated rings. The molecule has 88 valence electrons. The van der Waals surface area contributed by atoms with Crippen molar-refractivity contribution in [2.45, 2.75) is 46.6 Å². The Balaban J connectivity index is 2.70. The van der Waals surface area contributed by atoms with Crippen molar-refractivity contribution >= 4 is 5.78 Å². The lowest BCUT2D eigenvalue weighted by Crippen LogP contribution is -2.08. The maximum atomic E-state index is 11.8. The Labute approximate surface area is 97.2 Å². The first-order chi connectivity index (χ1) is 7.58. The topological polar surface area (TPSA) is 34.9 Å². The second-order valence-electron chi connectivity index (χ2n) is 4.15. The number of carbonyl (C=O) groups is 1. The molecule has 1 heterocycles. The summed E-state index contributed by atoms with van der Waals surface area (Å²) in [5, 5.41) is 4.37. The van der Waals surface area contributed by atoms with Gasteiger partial charge >= 0.3 is 0 Å². The van der Waals surface area contributed by atoms with E-state index in [0.717, 1.165) is 17.7 Å². The number of allylic oxidation sites excluding steroid dienone is 2. The molecule has 0 bridgehead atoms. The largest absolute Gasteiger partial charge is 0.294 e. The first-order valence-corrected chi connectivity index (χ1v) is 5.80. The quantitative estimate of drug-likeness (QED) is 0.715. The zero-order valence-electron chi connectivity index (χ0n) is 10.5. The van der Waals surface area contributed by atoms with Gasteiger partial charge in [-0.05, 0) is 38.8 Å². The summed E-state index contributed by atoms with van der Waals surface area (Å²) in [6.45, 7) is 8.05. The first-order valence-electron chi connectivity index (χ1n) is 5.80. The molecule has 0 unspecified atom stereocenters. The molecule has 1 aromatic heterocycles. The Bertz CT molecular complexity index is 388. The number of ketones is 1. The zero-order valence-corrected chi connectivity index (χ0v) is 10.5. The van der Waals surface area contributed by atoms with E-state index in [0.29, 0.717) is 12.5 Å². The van der Waals surface area contributed by atoms with Gasteiger partial charge in [0.2, 0.25) is 0 Å². The van der Waals surface area contributed by atoms with Gasteiger partial charge in [0.15, 0.2) is 5.78 Å². The molecule has 0 aliphatic carbocycles. The molecule has 0 spiro atoms. The van der Waals surface area contributed by atoms with Crippen molar-refractivity contribution in [3.05, 3.63) is 29.6 Å². The Morgan fingerprint density at radius 2 is 2.25 bits per heavy atom. The van der Waals surface area contributed by atoms with Crippen LogP contribution in [-0.4, -0.2) is 15.6 Å². The second-order valence-corrected chi connectivity index (χ2v) is 4.15. The predicted octanol–water partition coefficient (Wildman–Crippen LogP) is 2.93. The van der Waals surface area contributed by atoms with Crippen LogP contribution < -0.4 is 0 Å². The van der Waals surface area contributed by atoms with Gasteiger partial charge in [-0.3, -0.25) is 9.48 Å². The average Bonchev–Trinajstić information content (AvgIpc) is 2.68. The molecule has 0 radical (unpaired) electrons. The van der Waals surface area contributed by atoms with E-state index in [1.165, 1.54) is 0 Å². The van der Waals surface area contributed by atoms with Gasteiger partial charge in [0.05, 0.1) is 12.1 Å². The van der Waals surface area contributed by atoms with Gasteiger partial charge in [0.25, 0.3) is 0 Å². The molecule has 1 rings (SSSR count). The highest BCUT2D eigenvalue weighted by molar-refractivity contribution is 5.96. The number of aromatic nitrogens is 2. The summed E-state index contributed by atoms with van der Waals surface area (Å²) in [6.07, 6.45) is 5.02. The Hall–Kier alpha value is -1.38. The maximum absolute atomic E-state index is 11.8. The van der Waals surface area contributed by atoms with Crippen LogP contribution in [0, 0.1) is 0 Å². The Morgan fingerprint density at radius 3 is 2.69 bits per heavy atom. The van der Waals surface area contributed by atoms with Gasteiger partial charge in [-0.15, -0.1) is 0 Å². The standard InChI is InChI=1S/C13H20N2O/c1-5-11(6-2)13(16)9-12-7-8-15(14-12)10(3)4/h5,7-8,10H,6,9H2,1-4H3/b11-5-. The van der Waals surface area contributed by atoms with Gasteiger partial charge in [0.1, 0.15) is 0 Å². The van der Waals surface area contributed by atoms with E-state index in [4.69, 9.17) is 0 Å². The van der Waals surface area contributed by atoms with Crippen molar-refractivity contribution < 1.29 is 4.79 Å². The molecule has 3 nitrogen and oxygen atoms in total. The molecule has 1 aromatic rings. The van der Waals surface area contributed by atoms with Crippen LogP contribution in [-0.2, 0) is 11.2 Å². The molecule has 0 N–H and O–H groups in total. The fraction of sp³-hybridized carbons (Fsp3) is 0.538. The third-order valence-electron chi connectivity index (χ3n) is 2.62. The SMILES string of the molecule is C/C=C(/CC)C(=O)Cc1ccn(C(C)C)n1. The van der Waals surface area contributed by atoms with Crippen LogP contribution >= 0.6 is 0 Å². The van der Waals surface area contributed by atoms with E-state index in [1.807, 2.05) is 36.9 Å². The fourth-order valence-corrected chi connectivity index (χ4v) is 1.60. The Kier molecular flexibility index (Phi) is 4.47. The number of hydrogen-bond acceptors (Lipinski definition) is 2. The highest BCUT2D eigenvalue weighted by Gasteiger charge is 2.10. The van der Waals surface area contributed by atoms with Crippen LogP contribution in [0.15, 0.2) is 23.9 Å². The lowest BCUT2D eigenvalue weighted by molar-refractivity contribution is -0.115. The molecule has 0 aliphatic rings. The average molecular weight is 220 g/mol. The zero-order chi connectivity index (χ0) is 12.1. The van der Waals surface area contributed by atoms with Crippen molar-refractivity contribution in [3.63, 3.8) is 0 Å². The summed E-state index contributed by atoms with van der Waals surface area (Å²) in [4.78, 5) is 11.8. The molecule has 0 atom stereocenters. The molecular formula is C13H20N2O. The van der Waals surface area contributed by atoms with Crippen molar-refractivity contribution in [2.24, 2.45) is 0 Å². The molecule has 16 heavy (non-hydrogen) atoms. The minimum absolute atomic E-state index is 0.180. The molecule has 0 saturated heterocycles. The number of Topliss-reactive ketones (excluding diaryl/α,β-unsaturated/α-hetero) is 1. The molecule has 0 saturated carbocycles. The van der Waals surface area contributed by atoms with Crippen LogP contribution in [0.2, 0.25) is 0 Å². The Morgan fingerprint density at radius 1 is 1.56 bits per heavy atom. The second kappa shape index (κ2) is 5.64. The molecular weight excluding hydrogens is 200 g/mol. The summed E-state index contributed by atoms with van der Waals surface area (Å²) in [5.74, 6) is 0.180. The summed E-state index contributed by atoms with van der Waals surface area (Å²) in [7, 11) is 0. The third kappa shape index (κ3) is 3.05. The minimum atomic E-state index is 0.180. The van der Waals surface area contributed by atoms with Crippen LogP contribution in [0.1, 0.15) is 45.9 Å². The summed E-state index contributed by atoms with van der Waals surface area (Å²) >= 11 is 0. The molecule has 0 amide bonds. The van der Waals surface area contributed by atoms with Gasteiger partial charge in [-0.1, -0.05) is 13.0 Å². The highest BCUT2D eigenvalue weighted by Crippen LogP contribution is 2.09. The minimum Gasteiger partial charge on any atom is -0.294 e. The van der Waals surface area contributed by atoms with Gasteiger partial charge in [-0.2, -0.15) is 5.10 Å². The number of hydrogen-bond donors (Lipinski definition) is 0. The van der Waals surface area contributed by atoms with Crippen LogP contribution in [0.5, 0.6) is 0 Å². The van der Waals surface area contributed by atoms with Gasteiger partial charge in [-0.25, -0.2) is 0 Å². The molecule has 0 aliphatic heterocycles. The number of rotatable bonds is 5. The van der Waals surface area contributed by atoms with Crippen LogP contribution in [0.25, 0.3) is 0 Å². The van der Waals surface area contributed by atoms with E-state index in [-0.39, 0.29) is 5.78 Å². The summed E-state index contributed by atoms with van der Waals surface area (Å²) < 4.78 is 1.88. The molecule has 0 aromatic carbocycles. The molecule has 3 heteroatoms. The van der Waals surface area contributed by atoms with Gasteiger partial charge < -0.3 is 0 Å².